The van der Waals surface area contributed by atoms with Crippen molar-refractivity contribution in [1.29, 1.82) is 0 Å². The molecule has 0 atom stereocenters. The fourth-order valence-corrected chi connectivity index (χ4v) is 2.15. The van der Waals surface area contributed by atoms with Gasteiger partial charge in [0, 0.05) is 25.2 Å². The Bertz CT molecular complexity index is 440. The lowest BCUT2D eigenvalue weighted by Crippen LogP contribution is -2.41. The molecular weight excluding hydrogens is 244 g/mol. The molecule has 0 aliphatic carbocycles. The summed E-state index contributed by atoms with van der Waals surface area (Å²) in [5.74, 6) is 0.779. The molecule has 0 saturated heterocycles. The Kier molecular flexibility index (Phi) is 5.35. The predicted octanol–water partition coefficient (Wildman–Crippen LogP) is 0.572. The Hall–Kier alpha value is -1.56. The molecule has 1 amide bonds. The van der Waals surface area contributed by atoms with E-state index in [2.05, 4.69) is 10.4 Å². The highest BCUT2D eigenvalue weighted by Gasteiger charge is 2.20. The number of aliphatic hydroxyl groups is 1. The highest BCUT2D eigenvalue weighted by molar-refractivity contribution is 5.81. The van der Waals surface area contributed by atoms with E-state index in [0.29, 0.717) is 6.54 Å². The van der Waals surface area contributed by atoms with Crippen LogP contribution in [0.3, 0.4) is 0 Å². The maximum Gasteiger partial charge on any atom is 0.239 e. The highest BCUT2D eigenvalue weighted by Crippen LogP contribution is 2.22. The maximum absolute atomic E-state index is 11.9. The zero-order valence-corrected chi connectivity index (χ0v) is 12.4. The molecule has 0 aliphatic heterocycles. The van der Waals surface area contributed by atoms with Gasteiger partial charge < -0.3 is 15.3 Å². The minimum absolute atomic E-state index is 0.0282. The minimum atomic E-state index is -0.0721. The van der Waals surface area contributed by atoms with Crippen molar-refractivity contribution in [3.8, 4) is 0 Å². The molecule has 0 spiro atoms. The summed E-state index contributed by atoms with van der Waals surface area (Å²) in [5.41, 5.74) is 1.57. The van der Waals surface area contributed by atoms with Gasteiger partial charge in [0.25, 0.3) is 0 Å². The summed E-state index contributed by atoms with van der Waals surface area (Å²) in [6.07, 6.45) is 0. The van der Waals surface area contributed by atoms with Crippen LogP contribution >= 0.6 is 0 Å². The van der Waals surface area contributed by atoms with Crippen LogP contribution in [0.1, 0.15) is 32.0 Å². The number of likely N-dealkylation sites (N-methyl/N-ethyl adjacent to an activating group) is 1. The monoisotopic (exact) mass is 268 g/mol. The lowest BCUT2D eigenvalue weighted by Gasteiger charge is -2.24. The third-order valence-electron chi connectivity index (χ3n) is 2.94. The van der Waals surface area contributed by atoms with Gasteiger partial charge in [-0.15, -0.1) is 0 Å². The smallest absolute Gasteiger partial charge is 0.239 e. The molecule has 0 bridgehead atoms. The molecule has 6 nitrogen and oxygen atoms in total. The normalized spacial score (nSPS) is 10.9. The fraction of sp³-hybridized carbons (Fsp3) is 0.692. The van der Waals surface area contributed by atoms with Crippen LogP contribution in [0.25, 0.3) is 0 Å². The first-order valence-corrected chi connectivity index (χ1v) is 6.58. The Morgan fingerprint density at radius 3 is 2.63 bits per heavy atom. The number of hydrogen-bond acceptors (Lipinski definition) is 4. The number of nitrogens with zero attached hydrogens (tertiary/aromatic N) is 3. The molecule has 1 rings (SSSR count). The topological polar surface area (TPSA) is 70.4 Å². The van der Waals surface area contributed by atoms with Crippen molar-refractivity contribution in [2.24, 2.45) is 7.05 Å². The van der Waals surface area contributed by atoms with Crippen molar-refractivity contribution in [1.82, 2.24) is 15.1 Å². The highest BCUT2D eigenvalue weighted by atomic mass is 16.3. The van der Waals surface area contributed by atoms with Gasteiger partial charge in [-0.25, -0.2) is 0 Å². The van der Waals surface area contributed by atoms with Crippen LogP contribution in [0.5, 0.6) is 0 Å². The van der Waals surface area contributed by atoms with E-state index >= 15 is 0 Å². The molecule has 0 aromatic carbocycles. The summed E-state index contributed by atoms with van der Waals surface area (Å²) in [4.78, 5) is 13.8. The first kappa shape index (κ1) is 15.5. The first-order chi connectivity index (χ1) is 8.90. The summed E-state index contributed by atoms with van der Waals surface area (Å²) in [6, 6.07) is 0.122. The van der Waals surface area contributed by atoms with Crippen LogP contribution in [-0.2, 0) is 18.4 Å². The largest absolute Gasteiger partial charge is 0.391 e. The zero-order valence-electron chi connectivity index (χ0n) is 12.4. The minimum Gasteiger partial charge on any atom is -0.391 e. The standard InChI is InChI=1S/C13H24N4O2/c1-6-17(7-12(19)14-9(2)3)13-11(8-18)10(4)15-16(13)5/h9,18H,6-8H2,1-5H3,(H,14,19). The van der Waals surface area contributed by atoms with Gasteiger partial charge in [-0.05, 0) is 27.7 Å². The van der Waals surface area contributed by atoms with Crippen LogP contribution in [0.2, 0.25) is 0 Å². The van der Waals surface area contributed by atoms with Crippen LogP contribution in [-0.4, -0.2) is 39.9 Å². The number of carbonyl (C=O) groups is 1. The number of aliphatic hydroxyl groups excluding tert-OH is 1. The number of hydrogen-bond donors (Lipinski definition) is 2. The van der Waals surface area contributed by atoms with Crippen molar-refractivity contribution < 1.29 is 9.90 Å². The average molecular weight is 268 g/mol. The average Bonchev–Trinajstić information content (AvgIpc) is 2.59. The molecule has 1 aromatic rings. The molecule has 0 aliphatic rings. The van der Waals surface area contributed by atoms with Crippen LogP contribution in [0, 0.1) is 6.92 Å². The molecule has 0 unspecified atom stereocenters. The van der Waals surface area contributed by atoms with Gasteiger partial charge in [0.15, 0.2) is 0 Å². The molecular formula is C13H24N4O2. The summed E-state index contributed by atoms with van der Waals surface area (Å²) >= 11 is 0. The molecule has 108 valence electrons. The number of aryl methyl sites for hydroxylation is 2. The van der Waals surface area contributed by atoms with Crippen molar-refractivity contribution in [2.75, 3.05) is 18.0 Å². The summed E-state index contributed by atoms with van der Waals surface area (Å²) in [6.45, 7) is 8.57. The van der Waals surface area contributed by atoms with E-state index in [4.69, 9.17) is 0 Å². The molecule has 1 heterocycles. The molecule has 1 aromatic heterocycles. The van der Waals surface area contributed by atoms with Crippen molar-refractivity contribution in [2.45, 2.75) is 40.3 Å². The predicted molar refractivity (Wildman–Crippen MR) is 75.0 cm³/mol. The van der Waals surface area contributed by atoms with Gasteiger partial charge in [0.05, 0.1) is 18.8 Å². The quantitative estimate of drug-likeness (QED) is 0.791. The van der Waals surface area contributed by atoms with E-state index in [-0.39, 0.29) is 25.1 Å². The number of rotatable bonds is 6. The lowest BCUT2D eigenvalue weighted by molar-refractivity contribution is -0.120. The van der Waals surface area contributed by atoms with Gasteiger partial charge in [0.1, 0.15) is 5.82 Å². The Labute approximate surface area is 114 Å². The second-order valence-electron chi connectivity index (χ2n) is 4.91. The van der Waals surface area contributed by atoms with Crippen molar-refractivity contribution in [3.63, 3.8) is 0 Å². The second-order valence-corrected chi connectivity index (χ2v) is 4.91. The summed E-state index contributed by atoms with van der Waals surface area (Å²) in [5, 5.41) is 16.6. The molecule has 2 N–H and O–H groups in total. The van der Waals surface area contributed by atoms with Crippen molar-refractivity contribution in [3.05, 3.63) is 11.3 Å². The van der Waals surface area contributed by atoms with Crippen LogP contribution in [0.15, 0.2) is 0 Å². The fourth-order valence-electron chi connectivity index (χ4n) is 2.15. The molecule has 0 saturated carbocycles. The number of aromatic nitrogens is 2. The van der Waals surface area contributed by atoms with E-state index < -0.39 is 0 Å². The second kappa shape index (κ2) is 6.56. The van der Waals surface area contributed by atoms with E-state index in [9.17, 15) is 9.90 Å². The third kappa shape index (κ3) is 3.70. The summed E-state index contributed by atoms with van der Waals surface area (Å²) in [7, 11) is 1.82. The lowest BCUT2D eigenvalue weighted by atomic mass is 10.2. The SMILES string of the molecule is CCN(CC(=O)NC(C)C)c1c(CO)c(C)nn1C. The Balaban J connectivity index is 2.94. The number of nitrogens with one attached hydrogen (secondary N) is 1. The maximum atomic E-state index is 11.9. The van der Waals surface area contributed by atoms with E-state index in [1.807, 2.05) is 39.6 Å². The van der Waals surface area contributed by atoms with Gasteiger partial charge in [-0.3, -0.25) is 9.48 Å². The Morgan fingerprint density at radius 2 is 2.16 bits per heavy atom. The van der Waals surface area contributed by atoms with Gasteiger partial charge in [-0.2, -0.15) is 5.10 Å². The number of anilines is 1. The number of carbonyl (C=O) groups excluding carboxylic acids is 1. The van der Waals surface area contributed by atoms with Gasteiger partial charge in [0.2, 0.25) is 5.91 Å². The Morgan fingerprint density at radius 1 is 1.53 bits per heavy atom. The number of amides is 1. The summed E-state index contributed by atoms with van der Waals surface area (Å²) < 4.78 is 1.72. The molecule has 19 heavy (non-hydrogen) atoms. The van der Waals surface area contributed by atoms with Crippen LogP contribution in [0.4, 0.5) is 5.82 Å². The third-order valence-corrected chi connectivity index (χ3v) is 2.94. The van der Waals surface area contributed by atoms with Gasteiger partial charge in [-0.1, -0.05) is 0 Å². The van der Waals surface area contributed by atoms with Crippen LogP contribution < -0.4 is 10.2 Å². The first-order valence-electron chi connectivity index (χ1n) is 6.58. The van der Waals surface area contributed by atoms with E-state index in [0.717, 1.165) is 17.1 Å². The van der Waals surface area contributed by atoms with E-state index in [1.165, 1.54) is 0 Å². The molecule has 6 heteroatoms. The van der Waals surface area contributed by atoms with Gasteiger partial charge >= 0.3 is 0 Å². The van der Waals surface area contributed by atoms with Crippen molar-refractivity contribution >= 4 is 11.7 Å². The molecule has 0 fully saturated rings. The molecule has 0 radical (unpaired) electrons. The zero-order chi connectivity index (χ0) is 14.6. The van der Waals surface area contributed by atoms with E-state index in [1.54, 1.807) is 4.68 Å².